The molecule has 2 atom stereocenters. The van der Waals surface area contributed by atoms with Crippen molar-refractivity contribution in [3.8, 4) is 0 Å². The van der Waals surface area contributed by atoms with Crippen LogP contribution < -0.4 is 10.6 Å². The van der Waals surface area contributed by atoms with Crippen LogP contribution in [-0.4, -0.2) is 54.1 Å². The van der Waals surface area contributed by atoms with Gasteiger partial charge in [0.2, 0.25) is 5.91 Å². The molecule has 0 aromatic heterocycles. The fourth-order valence-corrected chi connectivity index (χ4v) is 2.25. The van der Waals surface area contributed by atoms with Gasteiger partial charge in [-0.15, -0.1) is 6.58 Å². The lowest BCUT2D eigenvalue weighted by atomic mass is 9.89. The second-order valence-electron chi connectivity index (χ2n) is 5.18. The summed E-state index contributed by atoms with van der Waals surface area (Å²) < 4.78 is 0. The lowest BCUT2D eigenvalue weighted by Crippen LogP contribution is -2.48. The van der Waals surface area contributed by atoms with Crippen molar-refractivity contribution in [1.82, 2.24) is 15.5 Å². The first-order valence-corrected chi connectivity index (χ1v) is 6.45. The summed E-state index contributed by atoms with van der Waals surface area (Å²) in [7, 11) is 1.56. The summed E-state index contributed by atoms with van der Waals surface area (Å²) >= 11 is 0. The number of carboxylic acid groups (broad SMARTS) is 1. The Bertz CT molecular complexity index is 424. The number of carbonyl (C=O) groups is 3. The van der Waals surface area contributed by atoms with Crippen LogP contribution in [0.2, 0.25) is 0 Å². The molecule has 0 radical (unpaired) electrons. The molecule has 0 spiro atoms. The van der Waals surface area contributed by atoms with Gasteiger partial charge in [0, 0.05) is 20.1 Å². The number of rotatable bonds is 5. The molecule has 1 rings (SSSR count). The maximum Gasteiger partial charge on any atom is 0.326 e. The van der Waals surface area contributed by atoms with E-state index in [0.717, 1.165) is 0 Å². The van der Waals surface area contributed by atoms with Gasteiger partial charge in [0.1, 0.15) is 6.04 Å². The minimum atomic E-state index is -1.11. The second kappa shape index (κ2) is 6.40. The van der Waals surface area contributed by atoms with E-state index >= 15 is 0 Å². The number of hydrogen-bond donors (Lipinski definition) is 3. The molecule has 0 saturated carbocycles. The molecule has 1 saturated heterocycles. The van der Waals surface area contributed by atoms with Crippen LogP contribution in [0.3, 0.4) is 0 Å². The van der Waals surface area contributed by atoms with Gasteiger partial charge >= 0.3 is 12.0 Å². The first-order chi connectivity index (χ1) is 9.34. The molecule has 2 unspecified atom stereocenters. The maximum absolute atomic E-state index is 12.0. The summed E-state index contributed by atoms with van der Waals surface area (Å²) in [5.41, 5.74) is -0.622. The van der Waals surface area contributed by atoms with Gasteiger partial charge in [-0.1, -0.05) is 6.08 Å². The summed E-state index contributed by atoms with van der Waals surface area (Å²) in [6.45, 7) is 5.96. The van der Waals surface area contributed by atoms with Crippen molar-refractivity contribution in [3.05, 3.63) is 12.7 Å². The van der Waals surface area contributed by atoms with Crippen LogP contribution in [0.5, 0.6) is 0 Å². The van der Waals surface area contributed by atoms with Gasteiger partial charge in [-0.25, -0.2) is 9.59 Å². The zero-order chi connectivity index (χ0) is 15.3. The van der Waals surface area contributed by atoms with Crippen LogP contribution in [0.15, 0.2) is 12.7 Å². The predicted molar refractivity (Wildman–Crippen MR) is 73.1 cm³/mol. The van der Waals surface area contributed by atoms with E-state index in [9.17, 15) is 14.4 Å². The first-order valence-electron chi connectivity index (χ1n) is 6.45. The summed E-state index contributed by atoms with van der Waals surface area (Å²) in [6, 6.07) is -1.46. The highest BCUT2D eigenvalue weighted by atomic mass is 16.4. The number of urea groups is 1. The van der Waals surface area contributed by atoms with Gasteiger partial charge in [-0.2, -0.15) is 0 Å². The Morgan fingerprint density at radius 1 is 1.50 bits per heavy atom. The number of carbonyl (C=O) groups excluding carboxylic acids is 2. The molecular formula is C13H21N3O4. The maximum atomic E-state index is 12.0. The van der Waals surface area contributed by atoms with Crippen molar-refractivity contribution < 1.29 is 19.5 Å². The van der Waals surface area contributed by atoms with E-state index in [4.69, 9.17) is 5.11 Å². The van der Waals surface area contributed by atoms with E-state index < -0.39 is 23.5 Å². The average molecular weight is 283 g/mol. The molecular weight excluding hydrogens is 262 g/mol. The molecule has 1 fully saturated rings. The zero-order valence-electron chi connectivity index (χ0n) is 11.8. The van der Waals surface area contributed by atoms with Crippen LogP contribution in [0.4, 0.5) is 4.79 Å². The minimum absolute atomic E-state index is 0.117. The Balaban J connectivity index is 2.64. The van der Waals surface area contributed by atoms with Crippen molar-refractivity contribution in [2.75, 3.05) is 20.1 Å². The van der Waals surface area contributed by atoms with E-state index in [1.807, 2.05) is 0 Å². The largest absolute Gasteiger partial charge is 0.480 e. The van der Waals surface area contributed by atoms with Crippen molar-refractivity contribution in [2.45, 2.75) is 25.8 Å². The fourth-order valence-electron chi connectivity index (χ4n) is 2.25. The van der Waals surface area contributed by atoms with Crippen LogP contribution in [0.1, 0.15) is 19.8 Å². The van der Waals surface area contributed by atoms with E-state index in [-0.39, 0.29) is 18.9 Å². The highest BCUT2D eigenvalue weighted by Crippen LogP contribution is 2.30. The van der Waals surface area contributed by atoms with Crippen molar-refractivity contribution in [3.63, 3.8) is 0 Å². The molecule has 7 heteroatoms. The Labute approximate surface area is 118 Å². The molecule has 1 aliphatic rings. The second-order valence-corrected chi connectivity index (χ2v) is 5.18. The Morgan fingerprint density at radius 3 is 2.65 bits per heavy atom. The van der Waals surface area contributed by atoms with Gasteiger partial charge in [0.25, 0.3) is 0 Å². The molecule has 112 valence electrons. The van der Waals surface area contributed by atoms with Gasteiger partial charge < -0.3 is 20.6 Å². The number of amides is 3. The summed E-state index contributed by atoms with van der Waals surface area (Å²) in [4.78, 5) is 36.2. The summed E-state index contributed by atoms with van der Waals surface area (Å²) in [5.74, 6) is -1.22. The van der Waals surface area contributed by atoms with Gasteiger partial charge in [-0.05, 0) is 19.8 Å². The van der Waals surface area contributed by atoms with Crippen LogP contribution >= 0.6 is 0 Å². The Kier molecular flexibility index (Phi) is 5.12. The monoisotopic (exact) mass is 283 g/mol. The Morgan fingerprint density at radius 2 is 2.15 bits per heavy atom. The standard InChI is InChI=1S/C13H21N3O4/c1-4-5-9(10(17)18)15-12(20)16-7-6-13(2,8-16)11(19)14-3/h4,9H,1,5-8H2,2-3H3,(H,14,19)(H,15,20)(H,17,18). The number of aliphatic carboxylic acids is 1. The third kappa shape index (κ3) is 3.49. The number of hydrogen-bond acceptors (Lipinski definition) is 3. The van der Waals surface area contributed by atoms with Crippen molar-refractivity contribution >= 4 is 17.9 Å². The number of nitrogens with zero attached hydrogens (tertiary/aromatic N) is 1. The van der Waals surface area contributed by atoms with Crippen LogP contribution in [0.25, 0.3) is 0 Å². The number of carboxylic acids is 1. The molecule has 0 aromatic carbocycles. The predicted octanol–water partition coefficient (Wildman–Crippen LogP) is 0.183. The molecule has 0 bridgehead atoms. The SMILES string of the molecule is C=CCC(NC(=O)N1CCC(C)(C(=O)NC)C1)C(=O)O. The topological polar surface area (TPSA) is 98.7 Å². The number of nitrogens with one attached hydrogen (secondary N) is 2. The molecule has 20 heavy (non-hydrogen) atoms. The lowest BCUT2D eigenvalue weighted by Gasteiger charge is -2.24. The summed E-state index contributed by atoms with van der Waals surface area (Å²) in [6.07, 6.45) is 2.15. The molecule has 3 N–H and O–H groups in total. The third-order valence-electron chi connectivity index (χ3n) is 3.53. The van der Waals surface area contributed by atoms with Gasteiger partial charge in [0.15, 0.2) is 0 Å². The smallest absolute Gasteiger partial charge is 0.326 e. The first kappa shape index (κ1) is 16.0. The molecule has 0 aromatic rings. The highest BCUT2D eigenvalue weighted by molar-refractivity contribution is 5.86. The molecule has 1 heterocycles. The van der Waals surface area contributed by atoms with Crippen LogP contribution in [-0.2, 0) is 9.59 Å². The third-order valence-corrected chi connectivity index (χ3v) is 3.53. The van der Waals surface area contributed by atoms with Crippen molar-refractivity contribution in [1.29, 1.82) is 0 Å². The number of likely N-dealkylation sites (tertiary alicyclic amines) is 1. The lowest BCUT2D eigenvalue weighted by molar-refractivity contribution is -0.139. The average Bonchev–Trinajstić information content (AvgIpc) is 2.81. The molecule has 1 aliphatic heterocycles. The van der Waals surface area contributed by atoms with E-state index in [1.165, 1.54) is 11.0 Å². The van der Waals surface area contributed by atoms with Crippen molar-refractivity contribution in [2.24, 2.45) is 5.41 Å². The fraction of sp³-hybridized carbons (Fsp3) is 0.615. The van der Waals surface area contributed by atoms with Gasteiger partial charge in [-0.3, -0.25) is 4.79 Å². The van der Waals surface area contributed by atoms with E-state index in [0.29, 0.717) is 13.0 Å². The Hall–Kier alpha value is -2.05. The quantitative estimate of drug-likeness (QED) is 0.627. The van der Waals surface area contributed by atoms with Gasteiger partial charge in [0.05, 0.1) is 5.41 Å². The molecule has 3 amide bonds. The van der Waals surface area contributed by atoms with E-state index in [2.05, 4.69) is 17.2 Å². The molecule has 0 aliphatic carbocycles. The highest BCUT2D eigenvalue weighted by Gasteiger charge is 2.41. The van der Waals surface area contributed by atoms with E-state index in [1.54, 1.807) is 14.0 Å². The van der Waals surface area contributed by atoms with Crippen LogP contribution in [0, 0.1) is 5.41 Å². The molecule has 7 nitrogen and oxygen atoms in total. The summed E-state index contributed by atoms with van der Waals surface area (Å²) in [5, 5.41) is 14.0. The minimum Gasteiger partial charge on any atom is -0.480 e. The zero-order valence-corrected chi connectivity index (χ0v) is 11.8. The normalized spacial score (nSPS) is 23.0.